The van der Waals surface area contributed by atoms with Crippen LogP contribution in [-0.2, 0) is 6.54 Å². The fourth-order valence-corrected chi connectivity index (χ4v) is 3.17. The molecular formula is C17H21N7O2. The predicted molar refractivity (Wildman–Crippen MR) is 96.8 cm³/mol. The first-order chi connectivity index (χ1) is 12.6. The van der Waals surface area contributed by atoms with E-state index in [0.29, 0.717) is 30.3 Å². The van der Waals surface area contributed by atoms with Crippen molar-refractivity contribution in [2.45, 2.75) is 19.9 Å². The predicted octanol–water partition coefficient (Wildman–Crippen LogP) is 1.71. The molecule has 2 aromatic heterocycles. The molecule has 26 heavy (non-hydrogen) atoms. The summed E-state index contributed by atoms with van der Waals surface area (Å²) in [5.41, 5.74) is 6.71. The van der Waals surface area contributed by atoms with Gasteiger partial charge in [0.15, 0.2) is 5.82 Å². The number of rotatable bonds is 5. The number of carbonyl (C=O) groups excluding carboxylic acids is 1. The molecule has 2 aromatic rings. The maximum atomic E-state index is 12.7. The number of amides is 1. The summed E-state index contributed by atoms with van der Waals surface area (Å²) in [4.78, 5) is 16.7. The van der Waals surface area contributed by atoms with Crippen molar-refractivity contribution in [3.8, 4) is 11.8 Å². The molecule has 9 heteroatoms. The molecule has 0 radical (unpaired) electrons. The lowest BCUT2D eigenvalue weighted by molar-refractivity contribution is 0.102. The van der Waals surface area contributed by atoms with E-state index in [1.807, 2.05) is 6.92 Å². The molecule has 9 nitrogen and oxygen atoms in total. The van der Waals surface area contributed by atoms with Crippen molar-refractivity contribution >= 4 is 23.2 Å². The monoisotopic (exact) mass is 355 g/mol. The van der Waals surface area contributed by atoms with Crippen molar-refractivity contribution in [3.63, 3.8) is 0 Å². The first-order valence-electron chi connectivity index (χ1n) is 8.38. The highest BCUT2D eigenvalue weighted by Crippen LogP contribution is 2.31. The summed E-state index contributed by atoms with van der Waals surface area (Å²) in [7, 11) is 1.52. The van der Waals surface area contributed by atoms with Crippen molar-refractivity contribution in [2.24, 2.45) is 11.8 Å². The highest BCUT2D eigenvalue weighted by atomic mass is 16.5. The average molecular weight is 355 g/mol. The van der Waals surface area contributed by atoms with Gasteiger partial charge in [-0.3, -0.25) is 9.78 Å². The van der Waals surface area contributed by atoms with Crippen LogP contribution in [0.5, 0.6) is 5.75 Å². The highest BCUT2D eigenvalue weighted by molar-refractivity contribution is 6.11. The van der Waals surface area contributed by atoms with E-state index in [9.17, 15) is 10.1 Å². The first kappa shape index (κ1) is 17.5. The van der Waals surface area contributed by atoms with Gasteiger partial charge in [-0.1, -0.05) is 6.92 Å². The molecule has 0 bridgehead atoms. The maximum Gasteiger partial charge on any atom is 0.263 e. The van der Waals surface area contributed by atoms with Crippen LogP contribution in [0.1, 0.15) is 23.7 Å². The fourth-order valence-electron chi connectivity index (χ4n) is 3.17. The molecule has 136 valence electrons. The van der Waals surface area contributed by atoms with E-state index >= 15 is 0 Å². The Balaban J connectivity index is 1.85. The van der Waals surface area contributed by atoms with Crippen molar-refractivity contribution in [2.75, 3.05) is 30.0 Å². The number of ether oxygens (including phenoxy) is 1. The first-order valence-corrected chi connectivity index (χ1v) is 8.38. The van der Waals surface area contributed by atoms with Gasteiger partial charge in [0.25, 0.3) is 5.91 Å². The van der Waals surface area contributed by atoms with Crippen molar-refractivity contribution < 1.29 is 9.53 Å². The van der Waals surface area contributed by atoms with Gasteiger partial charge in [-0.15, -0.1) is 0 Å². The van der Waals surface area contributed by atoms with Crippen LogP contribution >= 0.6 is 0 Å². The molecule has 0 aromatic carbocycles. The molecule has 3 rings (SSSR count). The molecule has 1 amide bonds. The molecule has 2 atom stereocenters. The van der Waals surface area contributed by atoms with Crippen molar-refractivity contribution in [3.05, 3.63) is 24.0 Å². The number of hydrogen-bond acceptors (Lipinski definition) is 7. The van der Waals surface area contributed by atoms with E-state index in [0.717, 1.165) is 6.42 Å². The van der Waals surface area contributed by atoms with Gasteiger partial charge in [-0.25, -0.2) is 4.68 Å². The number of nitrogens with two attached hydrogens (primary N) is 1. The summed E-state index contributed by atoms with van der Waals surface area (Å²) >= 11 is 0. The van der Waals surface area contributed by atoms with Crippen LogP contribution < -0.4 is 21.1 Å². The number of nitriles is 1. The molecule has 0 fully saturated rings. The van der Waals surface area contributed by atoms with Crippen LogP contribution in [-0.4, -0.2) is 34.3 Å². The quantitative estimate of drug-likeness (QED) is 0.744. The summed E-state index contributed by atoms with van der Waals surface area (Å²) in [5, 5.41) is 19.5. The van der Waals surface area contributed by atoms with Gasteiger partial charge in [-0.05, 0) is 6.42 Å². The fraction of sp³-hybridized carbons (Fsp3) is 0.412. The van der Waals surface area contributed by atoms with Crippen LogP contribution in [0.4, 0.5) is 17.3 Å². The lowest BCUT2D eigenvalue weighted by Gasteiger charge is -2.28. The maximum absolute atomic E-state index is 12.7. The van der Waals surface area contributed by atoms with E-state index in [1.165, 1.54) is 13.3 Å². The molecule has 4 N–H and O–H groups in total. The third kappa shape index (κ3) is 3.13. The minimum absolute atomic E-state index is 0.0713. The second kappa shape index (κ2) is 7.31. The number of nitrogen functional groups attached to an aromatic ring is 1. The average Bonchev–Trinajstić information content (AvgIpc) is 2.98. The van der Waals surface area contributed by atoms with Gasteiger partial charge in [-0.2, -0.15) is 10.4 Å². The minimum atomic E-state index is -0.395. The zero-order valence-corrected chi connectivity index (χ0v) is 14.7. The lowest BCUT2D eigenvalue weighted by atomic mass is 9.90. The smallest absolute Gasteiger partial charge is 0.263 e. The Kier molecular flexibility index (Phi) is 4.93. The van der Waals surface area contributed by atoms with Crippen LogP contribution in [0.15, 0.2) is 18.5 Å². The Hall–Kier alpha value is -3.28. The summed E-state index contributed by atoms with van der Waals surface area (Å²) in [6.07, 6.45) is 3.85. The van der Waals surface area contributed by atoms with Gasteiger partial charge in [0.1, 0.15) is 22.8 Å². The van der Waals surface area contributed by atoms with Gasteiger partial charge in [0, 0.05) is 31.3 Å². The summed E-state index contributed by atoms with van der Waals surface area (Å²) < 4.78 is 6.88. The van der Waals surface area contributed by atoms with Crippen LogP contribution in [0, 0.1) is 23.2 Å². The van der Waals surface area contributed by atoms with E-state index in [1.54, 1.807) is 16.9 Å². The van der Waals surface area contributed by atoms with E-state index in [4.69, 9.17) is 10.5 Å². The zero-order chi connectivity index (χ0) is 18.7. The molecule has 3 heterocycles. The topological polar surface area (TPSA) is 131 Å². The Morgan fingerprint density at radius 2 is 2.46 bits per heavy atom. The molecular weight excluding hydrogens is 334 g/mol. The Labute approximate surface area is 151 Å². The number of carbonyl (C=O) groups is 1. The number of hydrogen-bond donors (Lipinski definition) is 3. The van der Waals surface area contributed by atoms with Crippen molar-refractivity contribution in [1.29, 1.82) is 5.26 Å². The summed E-state index contributed by atoms with van der Waals surface area (Å²) in [5.74, 6) is 0.851. The number of anilines is 3. The number of nitrogens with one attached hydrogen (secondary N) is 2. The second-order valence-corrected chi connectivity index (χ2v) is 6.11. The third-order valence-corrected chi connectivity index (χ3v) is 4.57. The molecule has 2 unspecified atom stereocenters. The molecule has 0 aliphatic carbocycles. The number of fused-ring (bicyclic) bond motifs is 1. The Morgan fingerprint density at radius 3 is 3.15 bits per heavy atom. The number of nitrogens with zero attached hydrogens (tertiary/aromatic N) is 4. The van der Waals surface area contributed by atoms with Crippen LogP contribution in [0.25, 0.3) is 0 Å². The molecule has 0 spiro atoms. The SMILES string of the molecule is CCC(C#N)C1CNc2c(C(=O)Nc3cnccc3OC)c(N)nn2C1. The minimum Gasteiger partial charge on any atom is -0.494 e. The number of methoxy groups -OCH3 is 1. The molecule has 0 saturated carbocycles. The van der Waals surface area contributed by atoms with Crippen LogP contribution in [0.2, 0.25) is 0 Å². The van der Waals surface area contributed by atoms with Gasteiger partial charge in [0.2, 0.25) is 0 Å². The van der Waals surface area contributed by atoms with Gasteiger partial charge < -0.3 is 21.1 Å². The second-order valence-electron chi connectivity index (χ2n) is 6.11. The zero-order valence-electron chi connectivity index (χ0n) is 14.7. The molecule has 1 aliphatic rings. The van der Waals surface area contributed by atoms with Crippen LogP contribution in [0.3, 0.4) is 0 Å². The Bertz CT molecular complexity index is 855. The van der Waals surface area contributed by atoms with E-state index < -0.39 is 5.91 Å². The largest absolute Gasteiger partial charge is 0.494 e. The van der Waals surface area contributed by atoms with Gasteiger partial charge >= 0.3 is 0 Å². The Morgan fingerprint density at radius 1 is 1.65 bits per heavy atom. The van der Waals surface area contributed by atoms with E-state index in [2.05, 4.69) is 26.8 Å². The number of pyridine rings is 1. The molecule has 1 aliphatic heterocycles. The summed E-state index contributed by atoms with van der Waals surface area (Å²) in [6, 6.07) is 3.98. The van der Waals surface area contributed by atoms with Crippen molar-refractivity contribution in [1.82, 2.24) is 14.8 Å². The lowest BCUT2D eigenvalue weighted by Crippen LogP contribution is -2.33. The summed E-state index contributed by atoms with van der Waals surface area (Å²) in [6.45, 7) is 3.12. The molecule has 0 saturated heterocycles. The standard InChI is InChI=1S/C17H21N7O2/c1-3-10(6-18)11-7-21-16-14(15(19)23-24(16)9-11)17(25)22-12-8-20-5-4-13(12)26-2/h4-5,8,10-11,21H,3,7,9H2,1-2H3,(H2,19,23)(H,22,25). The third-order valence-electron chi connectivity index (χ3n) is 4.57. The highest BCUT2D eigenvalue weighted by Gasteiger charge is 2.31. The number of aromatic nitrogens is 3. The van der Waals surface area contributed by atoms with E-state index in [-0.39, 0.29) is 23.2 Å². The normalized spacial score (nSPS) is 16.7. The van der Waals surface area contributed by atoms with Gasteiger partial charge in [0.05, 0.1) is 25.3 Å².